The summed E-state index contributed by atoms with van der Waals surface area (Å²) < 4.78 is 0. The number of hydrogen-bond donors (Lipinski definition) is 2. The highest BCUT2D eigenvalue weighted by Crippen LogP contribution is 2.42. The third-order valence-corrected chi connectivity index (χ3v) is 9.64. The highest BCUT2D eigenvalue weighted by atomic mass is 35.5. The summed E-state index contributed by atoms with van der Waals surface area (Å²) in [6.07, 6.45) is 13.8. The maximum atomic E-state index is 6.29. The largest absolute Gasteiger partial charge is 0.354 e. The molecular weight excluding hydrogens is 574 g/mol. The van der Waals surface area contributed by atoms with Gasteiger partial charge in [-0.2, -0.15) is 0 Å². The van der Waals surface area contributed by atoms with Gasteiger partial charge in [0.25, 0.3) is 0 Å². The van der Waals surface area contributed by atoms with Crippen molar-refractivity contribution in [1.82, 2.24) is 4.90 Å². The smallest absolute Gasteiger partial charge is 0.0640 e. The van der Waals surface area contributed by atoms with Crippen molar-refractivity contribution in [1.29, 1.82) is 5.41 Å². The van der Waals surface area contributed by atoms with Gasteiger partial charge in [0.15, 0.2) is 0 Å². The first-order valence-corrected chi connectivity index (χ1v) is 17.0. The monoisotopic (exact) mass is 617 g/mol. The topological polar surface area (TPSA) is 39.1 Å². The summed E-state index contributed by atoms with van der Waals surface area (Å²) in [6.45, 7) is 11.4. The fourth-order valence-corrected chi connectivity index (χ4v) is 6.87. The minimum atomic E-state index is 0.671. The Morgan fingerprint density at radius 2 is 1.83 bits per heavy atom. The molecule has 1 fully saturated rings. The summed E-state index contributed by atoms with van der Waals surface area (Å²) >= 11 is 9.87. The van der Waals surface area contributed by atoms with Crippen molar-refractivity contribution in [2.75, 3.05) is 24.7 Å². The summed E-state index contributed by atoms with van der Waals surface area (Å²) in [5.41, 5.74) is 6.15. The Balaban J connectivity index is 0.000000243. The van der Waals surface area contributed by atoms with Crippen molar-refractivity contribution >= 4 is 52.4 Å². The molecule has 0 amide bonds. The minimum Gasteiger partial charge on any atom is -0.354 e. The number of piperidine rings is 1. The molecule has 0 aromatic heterocycles. The van der Waals surface area contributed by atoms with E-state index in [9.17, 15) is 0 Å². The van der Waals surface area contributed by atoms with Gasteiger partial charge in [-0.3, -0.25) is 4.90 Å². The van der Waals surface area contributed by atoms with Crippen LogP contribution in [0.2, 0.25) is 5.02 Å². The first-order chi connectivity index (χ1) is 20.5. The molecule has 3 aromatic carbocycles. The molecule has 2 aliphatic heterocycles. The van der Waals surface area contributed by atoms with E-state index in [2.05, 4.69) is 104 Å². The molecule has 42 heavy (non-hydrogen) atoms. The number of rotatable bonds is 7. The number of likely N-dealkylation sites (tertiary alicyclic amines) is 1. The predicted molar refractivity (Wildman–Crippen MR) is 190 cm³/mol. The first-order valence-electron chi connectivity index (χ1n) is 14.6. The molecule has 1 saturated heterocycles. The zero-order valence-corrected chi connectivity index (χ0v) is 27.7. The van der Waals surface area contributed by atoms with E-state index in [1.807, 2.05) is 31.2 Å². The lowest BCUT2D eigenvalue weighted by Crippen LogP contribution is -2.33. The van der Waals surface area contributed by atoms with Crippen molar-refractivity contribution in [2.45, 2.75) is 57.4 Å². The van der Waals surface area contributed by atoms with E-state index >= 15 is 0 Å². The quantitative estimate of drug-likeness (QED) is 0.204. The van der Waals surface area contributed by atoms with Gasteiger partial charge in [-0.15, -0.1) is 11.8 Å². The Kier molecular flexibility index (Phi) is 14.5. The Morgan fingerprint density at radius 1 is 1.07 bits per heavy atom. The minimum absolute atomic E-state index is 0.671. The molecule has 2 N–H and O–H groups in total. The standard InChI is InChI=1S/C21H20ClNS2.C14H21N.CH3N/c1-3-18(23-19-11-5-4-10-17(19)22)21-13-7-12-20(25-21)15-8-6-9-16(14-15)24-2;1-3-15-11-5-4-6-14(15)13-9-7-12(2)8-10-13;1-2/h3-6,8-14,23H,7H2,1-2H3;7-10,14H,3-6,11H2,1-2H3;2H,1H2/b18-3-;;. The van der Waals surface area contributed by atoms with Gasteiger partial charge in [-0.25, -0.2) is 0 Å². The van der Waals surface area contributed by atoms with Gasteiger partial charge in [0.1, 0.15) is 0 Å². The fraction of sp³-hybridized carbons (Fsp3) is 0.306. The van der Waals surface area contributed by atoms with Gasteiger partial charge >= 0.3 is 0 Å². The summed E-state index contributed by atoms with van der Waals surface area (Å²) in [7, 11) is 0. The van der Waals surface area contributed by atoms with Crippen LogP contribution < -0.4 is 5.32 Å². The van der Waals surface area contributed by atoms with Crippen LogP contribution in [0.25, 0.3) is 4.91 Å². The van der Waals surface area contributed by atoms with Crippen LogP contribution in [0.4, 0.5) is 5.69 Å². The van der Waals surface area contributed by atoms with Gasteiger partial charge in [-0.05, 0) is 94.6 Å². The number of hydrogen-bond acceptors (Lipinski definition) is 5. The second kappa shape index (κ2) is 18.1. The van der Waals surface area contributed by atoms with E-state index in [0.717, 1.165) is 22.8 Å². The van der Waals surface area contributed by atoms with Gasteiger partial charge in [0.2, 0.25) is 0 Å². The van der Waals surface area contributed by atoms with Crippen LogP contribution in [-0.4, -0.2) is 31.0 Å². The van der Waals surface area contributed by atoms with Gasteiger partial charge in [-0.1, -0.05) is 109 Å². The third kappa shape index (κ3) is 9.67. The van der Waals surface area contributed by atoms with Crippen molar-refractivity contribution in [3.8, 4) is 0 Å². The number of thioether (sulfide) groups is 2. The molecule has 3 aromatic rings. The normalized spacial score (nSPS) is 17.1. The SMILES string of the molecule is C/C=C(\Nc1ccccc1Cl)C1=CCC=C(c2cccc(SC)c2)S1.C=N.CCN1CCCCC1c1ccc(C)cc1. The number of anilines is 1. The van der Waals surface area contributed by atoms with Crippen molar-refractivity contribution in [3.63, 3.8) is 0 Å². The van der Waals surface area contributed by atoms with Gasteiger partial charge in [0.05, 0.1) is 10.7 Å². The maximum Gasteiger partial charge on any atom is 0.0640 e. The molecule has 2 heterocycles. The zero-order chi connectivity index (χ0) is 30.3. The molecule has 6 heteroatoms. The molecule has 1 atom stereocenters. The lowest BCUT2D eigenvalue weighted by atomic mass is 9.95. The highest BCUT2D eigenvalue weighted by molar-refractivity contribution is 8.12. The van der Waals surface area contributed by atoms with E-state index in [-0.39, 0.29) is 0 Å². The molecular formula is C36H44ClN3S2. The molecule has 0 saturated carbocycles. The van der Waals surface area contributed by atoms with Crippen molar-refractivity contribution < 1.29 is 0 Å². The number of aryl methyl sites for hydroxylation is 1. The zero-order valence-electron chi connectivity index (χ0n) is 25.3. The number of benzene rings is 3. The summed E-state index contributed by atoms with van der Waals surface area (Å²) in [4.78, 5) is 6.42. The highest BCUT2D eigenvalue weighted by Gasteiger charge is 2.22. The average molecular weight is 618 g/mol. The van der Waals surface area contributed by atoms with Crippen molar-refractivity contribution in [2.24, 2.45) is 0 Å². The number of para-hydroxylation sites is 1. The molecule has 2 aliphatic rings. The Labute approximate surface area is 267 Å². The van der Waals surface area contributed by atoms with Crippen LogP contribution in [0.15, 0.2) is 107 Å². The summed E-state index contributed by atoms with van der Waals surface area (Å²) in [5, 5.41) is 9.70. The van der Waals surface area contributed by atoms with Crippen LogP contribution in [-0.2, 0) is 0 Å². The van der Waals surface area contributed by atoms with E-state index in [4.69, 9.17) is 17.0 Å². The second-order valence-corrected chi connectivity index (χ2v) is 12.4. The molecule has 0 bridgehead atoms. The Hall–Kier alpha value is -2.70. The van der Waals surface area contributed by atoms with Crippen LogP contribution in [0.5, 0.6) is 0 Å². The van der Waals surface area contributed by atoms with Crippen LogP contribution in [0.1, 0.15) is 62.3 Å². The number of nitrogens with one attached hydrogen (secondary N) is 2. The molecule has 0 spiro atoms. The van der Waals surface area contributed by atoms with Crippen LogP contribution in [0.3, 0.4) is 0 Å². The maximum absolute atomic E-state index is 6.29. The fourth-order valence-electron chi connectivity index (χ4n) is 5.11. The number of halogens is 1. The first kappa shape index (κ1) is 33.8. The van der Waals surface area contributed by atoms with E-state index in [0.29, 0.717) is 6.04 Å². The molecule has 1 unspecified atom stereocenters. The third-order valence-electron chi connectivity index (χ3n) is 7.36. The van der Waals surface area contributed by atoms with Crippen molar-refractivity contribution in [3.05, 3.63) is 123 Å². The summed E-state index contributed by atoms with van der Waals surface area (Å²) in [5.74, 6) is 0. The van der Waals surface area contributed by atoms with Gasteiger partial charge < -0.3 is 10.7 Å². The predicted octanol–water partition coefficient (Wildman–Crippen LogP) is 11.2. The van der Waals surface area contributed by atoms with Gasteiger partial charge in [0, 0.05) is 26.4 Å². The lowest BCUT2D eigenvalue weighted by molar-refractivity contribution is 0.157. The van der Waals surface area contributed by atoms with Crippen LogP contribution >= 0.6 is 35.1 Å². The molecule has 0 radical (unpaired) electrons. The molecule has 0 aliphatic carbocycles. The number of nitrogens with zero attached hydrogens (tertiary/aromatic N) is 1. The lowest BCUT2D eigenvalue weighted by Gasteiger charge is -2.35. The number of allylic oxidation sites excluding steroid dienone is 3. The van der Waals surface area contributed by atoms with E-state index in [1.54, 1.807) is 23.5 Å². The Bertz CT molecular complexity index is 1360. The molecule has 3 nitrogen and oxygen atoms in total. The molecule has 5 rings (SSSR count). The second-order valence-electron chi connectivity index (χ2n) is 10.1. The van der Waals surface area contributed by atoms with Crippen LogP contribution in [0, 0.1) is 12.3 Å². The Morgan fingerprint density at radius 3 is 2.52 bits per heavy atom. The van der Waals surface area contributed by atoms with E-state index < -0.39 is 0 Å². The summed E-state index contributed by atoms with van der Waals surface area (Å²) in [6, 6.07) is 26.3. The average Bonchev–Trinajstić information content (AvgIpc) is 3.06. The molecule has 222 valence electrons. The van der Waals surface area contributed by atoms with E-state index in [1.165, 1.54) is 63.7 Å².